The van der Waals surface area contributed by atoms with E-state index >= 15 is 0 Å². The fourth-order valence-electron chi connectivity index (χ4n) is 3.56. The average Bonchev–Trinajstić information content (AvgIpc) is 3.29. The highest BCUT2D eigenvalue weighted by molar-refractivity contribution is 5.95. The van der Waals surface area contributed by atoms with Crippen LogP contribution in [0.5, 0.6) is 0 Å². The van der Waals surface area contributed by atoms with Gasteiger partial charge in [0.1, 0.15) is 11.9 Å². The first kappa shape index (κ1) is 21.9. The number of aromatic nitrogens is 3. The lowest BCUT2D eigenvalue weighted by Crippen LogP contribution is -2.34. The fourth-order valence-corrected chi connectivity index (χ4v) is 3.56. The van der Waals surface area contributed by atoms with E-state index in [1.165, 1.54) is 0 Å². The lowest BCUT2D eigenvalue weighted by Gasteiger charge is -2.19. The van der Waals surface area contributed by atoms with Gasteiger partial charge in [0, 0.05) is 31.5 Å². The Morgan fingerprint density at radius 3 is 2.58 bits per heavy atom. The third kappa shape index (κ3) is 5.70. The summed E-state index contributed by atoms with van der Waals surface area (Å²) in [5.74, 6) is 0.299. The van der Waals surface area contributed by atoms with Gasteiger partial charge in [-0.2, -0.15) is 10.4 Å². The monoisotopic (exact) mass is 436 g/mol. The SMILES string of the molecule is Cn1cc(-c2ccnc(NC(=O)[C@H](NCCc3ccc(C#N)cc3)c3ccccc3)c2)cn1. The zero-order valence-corrected chi connectivity index (χ0v) is 18.3. The van der Waals surface area contributed by atoms with E-state index in [-0.39, 0.29) is 5.91 Å². The normalized spacial score (nSPS) is 11.5. The molecule has 4 rings (SSSR count). The highest BCUT2D eigenvalue weighted by Crippen LogP contribution is 2.21. The number of nitrogens with one attached hydrogen (secondary N) is 2. The quantitative estimate of drug-likeness (QED) is 0.437. The maximum atomic E-state index is 13.2. The van der Waals surface area contributed by atoms with Crippen LogP contribution in [0.2, 0.25) is 0 Å². The van der Waals surface area contributed by atoms with Crippen LogP contribution in [0.25, 0.3) is 11.1 Å². The molecule has 2 aromatic heterocycles. The number of hydrogen-bond donors (Lipinski definition) is 2. The van der Waals surface area contributed by atoms with E-state index in [4.69, 9.17) is 5.26 Å². The highest BCUT2D eigenvalue weighted by atomic mass is 16.2. The second-order valence-electron chi connectivity index (χ2n) is 7.68. The Kier molecular flexibility index (Phi) is 6.88. The van der Waals surface area contributed by atoms with Gasteiger partial charge in [0.05, 0.1) is 17.8 Å². The van der Waals surface area contributed by atoms with Crippen molar-refractivity contribution in [2.24, 2.45) is 7.05 Å². The van der Waals surface area contributed by atoms with E-state index in [0.29, 0.717) is 17.9 Å². The zero-order chi connectivity index (χ0) is 23.0. The van der Waals surface area contributed by atoms with Crippen molar-refractivity contribution in [1.82, 2.24) is 20.1 Å². The summed E-state index contributed by atoms with van der Waals surface area (Å²) in [4.78, 5) is 17.5. The molecule has 7 nitrogen and oxygen atoms in total. The maximum Gasteiger partial charge on any atom is 0.247 e. The van der Waals surface area contributed by atoms with Crippen LogP contribution in [0.1, 0.15) is 22.7 Å². The van der Waals surface area contributed by atoms with Crippen molar-refractivity contribution >= 4 is 11.7 Å². The second kappa shape index (κ2) is 10.4. The first-order valence-corrected chi connectivity index (χ1v) is 10.7. The molecule has 7 heteroatoms. The van der Waals surface area contributed by atoms with Crippen LogP contribution in [0, 0.1) is 11.3 Å². The Morgan fingerprint density at radius 2 is 1.88 bits per heavy atom. The predicted molar refractivity (Wildman–Crippen MR) is 127 cm³/mol. The summed E-state index contributed by atoms with van der Waals surface area (Å²) < 4.78 is 1.73. The first-order valence-electron chi connectivity index (χ1n) is 10.7. The molecule has 164 valence electrons. The van der Waals surface area contributed by atoms with Crippen LogP contribution in [0.4, 0.5) is 5.82 Å². The van der Waals surface area contributed by atoms with Gasteiger partial charge in [0.15, 0.2) is 0 Å². The van der Waals surface area contributed by atoms with Crippen LogP contribution < -0.4 is 10.6 Å². The molecule has 0 fully saturated rings. The molecular weight excluding hydrogens is 412 g/mol. The number of carbonyl (C=O) groups excluding carboxylic acids is 1. The highest BCUT2D eigenvalue weighted by Gasteiger charge is 2.20. The third-order valence-corrected chi connectivity index (χ3v) is 5.29. The number of anilines is 1. The summed E-state index contributed by atoms with van der Waals surface area (Å²) in [7, 11) is 1.86. The lowest BCUT2D eigenvalue weighted by atomic mass is 10.0. The van der Waals surface area contributed by atoms with Crippen molar-refractivity contribution in [3.63, 3.8) is 0 Å². The van der Waals surface area contributed by atoms with E-state index in [1.54, 1.807) is 29.2 Å². The third-order valence-electron chi connectivity index (χ3n) is 5.29. The van der Waals surface area contributed by atoms with Gasteiger partial charge in [-0.25, -0.2) is 4.98 Å². The van der Waals surface area contributed by atoms with Gasteiger partial charge < -0.3 is 10.6 Å². The van der Waals surface area contributed by atoms with Gasteiger partial charge in [-0.05, 0) is 47.4 Å². The molecule has 0 spiro atoms. The van der Waals surface area contributed by atoms with E-state index in [2.05, 4.69) is 26.8 Å². The molecule has 1 atom stereocenters. The number of nitriles is 1. The van der Waals surface area contributed by atoms with Crippen LogP contribution in [0.15, 0.2) is 85.3 Å². The van der Waals surface area contributed by atoms with Crippen molar-refractivity contribution in [2.45, 2.75) is 12.5 Å². The Morgan fingerprint density at radius 1 is 1.09 bits per heavy atom. The molecule has 1 amide bonds. The Bertz CT molecular complexity index is 1260. The lowest BCUT2D eigenvalue weighted by molar-refractivity contribution is -0.118. The van der Waals surface area contributed by atoms with Crippen molar-refractivity contribution in [3.8, 4) is 17.2 Å². The molecule has 2 N–H and O–H groups in total. The standard InChI is InChI=1S/C26H24N6O/c1-32-18-23(17-30-32)22-12-14-28-24(15-22)31-26(33)25(21-5-3-2-4-6-21)29-13-11-19-7-9-20(16-27)10-8-19/h2-10,12,14-15,17-18,25,29H,11,13H2,1H3,(H,28,31,33)/t25-/m1/s1. The van der Waals surface area contributed by atoms with Crippen molar-refractivity contribution in [3.05, 3.63) is 102 Å². The molecule has 0 aliphatic carbocycles. The first-order chi connectivity index (χ1) is 16.1. The molecule has 2 aromatic carbocycles. The van der Waals surface area contributed by atoms with E-state index in [0.717, 1.165) is 28.7 Å². The van der Waals surface area contributed by atoms with Crippen LogP contribution in [0.3, 0.4) is 0 Å². The van der Waals surface area contributed by atoms with Crippen molar-refractivity contribution < 1.29 is 4.79 Å². The number of benzene rings is 2. The summed E-state index contributed by atoms with van der Waals surface area (Å²) in [6, 6.07) is 22.4. The Labute approximate surface area is 192 Å². The topological polar surface area (TPSA) is 95.6 Å². The molecule has 33 heavy (non-hydrogen) atoms. The molecule has 2 heterocycles. The largest absolute Gasteiger partial charge is 0.309 e. The minimum absolute atomic E-state index is 0.183. The number of nitrogens with zero attached hydrogens (tertiary/aromatic N) is 4. The molecule has 0 aliphatic rings. The van der Waals surface area contributed by atoms with Crippen LogP contribution in [-0.4, -0.2) is 27.2 Å². The van der Waals surface area contributed by atoms with Crippen molar-refractivity contribution in [2.75, 3.05) is 11.9 Å². The number of aryl methyl sites for hydroxylation is 1. The summed E-state index contributed by atoms with van der Waals surface area (Å²) in [5.41, 5.74) is 4.49. The second-order valence-corrected chi connectivity index (χ2v) is 7.68. The Hall–Kier alpha value is -4.28. The summed E-state index contributed by atoms with van der Waals surface area (Å²) >= 11 is 0. The zero-order valence-electron chi connectivity index (χ0n) is 18.3. The molecular formula is C26H24N6O. The van der Waals surface area contributed by atoms with Crippen molar-refractivity contribution in [1.29, 1.82) is 5.26 Å². The minimum atomic E-state index is -0.534. The van der Waals surface area contributed by atoms with Gasteiger partial charge in [-0.15, -0.1) is 0 Å². The number of hydrogen-bond acceptors (Lipinski definition) is 5. The predicted octanol–water partition coefficient (Wildman–Crippen LogP) is 3.87. The van der Waals surface area contributed by atoms with Gasteiger partial charge in [0.2, 0.25) is 5.91 Å². The molecule has 4 aromatic rings. The van der Waals surface area contributed by atoms with Gasteiger partial charge in [0.25, 0.3) is 0 Å². The molecule has 0 radical (unpaired) electrons. The number of amides is 1. The Balaban J connectivity index is 1.46. The molecule has 0 unspecified atom stereocenters. The molecule has 0 saturated carbocycles. The minimum Gasteiger partial charge on any atom is -0.309 e. The maximum absolute atomic E-state index is 13.2. The van der Waals surface area contributed by atoms with E-state index < -0.39 is 6.04 Å². The number of rotatable bonds is 8. The summed E-state index contributed by atoms with van der Waals surface area (Å²) in [5, 5.41) is 19.5. The van der Waals surface area contributed by atoms with Gasteiger partial charge in [-0.1, -0.05) is 42.5 Å². The number of pyridine rings is 1. The van der Waals surface area contributed by atoms with E-state index in [9.17, 15) is 4.79 Å². The molecule has 0 aliphatic heterocycles. The summed E-state index contributed by atoms with van der Waals surface area (Å²) in [6.07, 6.45) is 6.10. The van der Waals surface area contributed by atoms with Gasteiger partial charge >= 0.3 is 0 Å². The molecule has 0 bridgehead atoms. The van der Waals surface area contributed by atoms with Crippen LogP contribution >= 0.6 is 0 Å². The average molecular weight is 437 g/mol. The molecule has 0 saturated heterocycles. The number of carbonyl (C=O) groups is 1. The smallest absolute Gasteiger partial charge is 0.247 e. The van der Waals surface area contributed by atoms with Gasteiger partial charge in [-0.3, -0.25) is 9.48 Å². The summed E-state index contributed by atoms with van der Waals surface area (Å²) in [6.45, 7) is 0.599. The van der Waals surface area contributed by atoms with Crippen LogP contribution in [-0.2, 0) is 18.3 Å². The van der Waals surface area contributed by atoms with E-state index in [1.807, 2.05) is 67.8 Å². The fraction of sp³-hybridized carbons (Fsp3) is 0.154.